The van der Waals surface area contributed by atoms with E-state index in [4.69, 9.17) is 10.8 Å². The molecule has 0 saturated heterocycles. The number of rotatable bonds is 5. The minimum absolute atomic E-state index is 0.164. The van der Waals surface area contributed by atoms with E-state index in [1.807, 2.05) is 0 Å². The number of nitrogens with zero attached hydrogens (tertiary/aromatic N) is 1. The van der Waals surface area contributed by atoms with Gasteiger partial charge in [0.15, 0.2) is 11.6 Å². The predicted molar refractivity (Wildman–Crippen MR) is 94.8 cm³/mol. The highest BCUT2D eigenvalue weighted by Crippen LogP contribution is 2.59. The Morgan fingerprint density at radius 2 is 1.81 bits per heavy atom. The van der Waals surface area contributed by atoms with Crippen LogP contribution in [0.25, 0.3) is 0 Å². The Morgan fingerprint density at radius 1 is 1.19 bits per heavy atom. The van der Waals surface area contributed by atoms with E-state index in [0.29, 0.717) is 42.6 Å². The number of carboxylic acids is 1. The molecule has 1 spiro atoms. The van der Waals surface area contributed by atoms with Gasteiger partial charge in [0.2, 0.25) is 5.91 Å². The Labute approximate surface area is 154 Å². The average Bonchev–Trinajstić information content (AvgIpc) is 3.41. The minimum atomic E-state index is -1.05. The third-order valence-electron chi connectivity index (χ3n) is 5.41. The molecule has 0 bridgehead atoms. The van der Waals surface area contributed by atoms with Gasteiger partial charge in [-0.15, -0.1) is 0 Å². The zero-order valence-corrected chi connectivity index (χ0v) is 14.4. The number of carbonyl (C=O) groups excluding carboxylic acids is 1. The number of carbonyl (C=O) groups is 2. The summed E-state index contributed by atoms with van der Waals surface area (Å²) in [6.45, 7) is 0. The number of carboxylic acid groups (broad SMARTS) is 1. The molecule has 2 aromatic rings. The van der Waals surface area contributed by atoms with E-state index < -0.39 is 29.1 Å². The number of fused-ring (bicyclic) bond motifs is 2. The van der Waals surface area contributed by atoms with Crippen molar-refractivity contribution in [2.24, 2.45) is 5.73 Å². The Bertz CT molecular complexity index is 939. The summed E-state index contributed by atoms with van der Waals surface area (Å²) >= 11 is 0. The molecule has 4 rings (SSSR count). The van der Waals surface area contributed by atoms with Gasteiger partial charge in [0, 0.05) is 11.8 Å². The molecule has 2 aliphatic rings. The fourth-order valence-corrected chi connectivity index (χ4v) is 3.67. The summed E-state index contributed by atoms with van der Waals surface area (Å²) in [5.74, 6) is -3.14. The fraction of sp³-hybridized carbons (Fsp3) is 0.300. The molecule has 0 unspecified atom stereocenters. The van der Waals surface area contributed by atoms with Crippen molar-refractivity contribution in [3.63, 3.8) is 0 Å². The van der Waals surface area contributed by atoms with Crippen molar-refractivity contribution >= 4 is 23.3 Å². The zero-order chi connectivity index (χ0) is 19.3. The lowest BCUT2D eigenvalue weighted by atomic mass is 9.98. The smallest absolute Gasteiger partial charge is 0.320 e. The molecule has 140 valence electrons. The van der Waals surface area contributed by atoms with E-state index in [0.717, 1.165) is 17.7 Å². The van der Waals surface area contributed by atoms with Crippen LogP contribution in [-0.4, -0.2) is 23.0 Å². The average molecular weight is 372 g/mol. The van der Waals surface area contributed by atoms with Crippen LogP contribution in [0.4, 0.5) is 20.2 Å². The van der Waals surface area contributed by atoms with Crippen LogP contribution in [0.2, 0.25) is 0 Å². The predicted octanol–water partition coefficient (Wildman–Crippen LogP) is 3.02. The van der Waals surface area contributed by atoms with Gasteiger partial charge in [-0.3, -0.25) is 14.5 Å². The number of hydrogen-bond acceptors (Lipinski definition) is 3. The Morgan fingerprint density at radius 3 is 2.41 bits per heavy atom. The molecule has 2 aromatic carbocycles. The van der Waals surface area contributed by atoms with Crippen LogP contribution >= 0.6 is 0 Å². The van der Waals surface area contributed by atoms with E-state index in [1.165, 1.54) is 4.90 Å². The van der Waals surface area contributed by atoms with Crippen molar-refractivity contribution in [1.29, 1.82) is 0 Å². The SMILES string of the molecule is N[C@@H](CCc1ccc(N2C(=O)C3(CC3)c3cc(F)c(F)cc32)cc1)C(=O)O. The van der Waals surface area contributed by atoms with E-state index >= 15 is 0 Å². The number of hydrogen-bond donors (Lipinski definition) is 2. The van der Waals surface area contributed by atoms with Gasteiger partial charge < -0.3 is 10.8 Å². The second-order valence-electron chi connectivity index (χ2n) is 7.16. The lowest BCUT2D eigenvalue weighted by Crippen LogP contribution is -2.30. The summed E-state index contributed by atoms with van der Waals surface area (Å²) in [4.78, 5) is 25.2. The molecule has 1 heterocycles. The molecule has 1 amide bonds. The number of aryl methyl sites for hydroxylation is 1. The van der Waals surface area contributed by atoms with E-state index in [-0.39, 0.29) is 5.91 Å². The van der Waals surface area contributed by atoms with Crippen LogP contribution in [0.3, 0.4) is 0 Å². The van der Waals surface area contributed by atoms with Crippen LogP contribution < -0.4 is 10.6 Å². The molecule has 1 saturated carbocycles. The van der Waals surface area contributed by atoms with Crippen LogP contribution in [0, 0.1) is 11.6 Å². The lowest BCUT2D eigenvalue weighted by molar-refractivity contribution is -0.138. The van der Waals surface area contributed by atoms with E-state index in [9.17, 15) is 18.4 Å². The maximum atomic E-state index is 13.8. The largest absolute Gasteiger partial charge is 0.480 e. The standard InChI is InChI=1S/C20H18F2N2O3/c21-14-9-13-17(10-15(14)22)24(19(27)20(13)7-8-20)12-4-1-11(2-5-12)3-6-16(23)18(25)26/h1-2,4-5,9-10,16H,3,6-8,23H2,(H,25,26)/t16-/m0/s1. The van der Waals surface area contributed by atoms with Crippen LogP contribution in [-0.2, 0) is 21.4 Å². The van der Waals surface area contributed by atoms with Crippen molar-refractivity contribution in [2.75, 3.05) is 4.90 Å². The topological polar surface area (TPSA) is 83.6 Å². The first-order valence-corrected chi connectivity index (χ1v) is 8.75. The van der Waals surface area contributed by atoms with Gasteiger partial charge in [-0.1, -0.05) is 12.1 Å². The monoisotopic (exact) mass is 372 g/mol. The second-order valence-corrected chi connectivity index (χ2v) is 7.16. The van der Waals surface area contributed by atoms with Crippen LogP contribution in [0.1, 0.15) is 30.4 Å². The van der Waals surface area contributed by atoms with Gasteiger partial charge in [0.05, 0.1) is 11.1 Å². The number of nitrogens with two attached hydrogens (primary N) is 1. The maximum Gasteiger partial charge on any atom is 0.320 e. The quantitative estimate of drug-likeness (QED) is 0.845. The molecule has 0 radical (unpaired) electrons. The molecule has 5 nitrogen and oxygen atoms in total. The fourth-order valence-electron chi connectivity index (χ4n) is 3.67. The second kappa shape index (κ2) is 6.13. The maximum absolute atomic E-state index is 13.8. The van der Waals surface area contributed by atoms with Gasteiger partial charge in [0.25, 0.3) is 0 Å². The molecular formula is C20H18F2N2O3. The van der Waals surface area contributed by atoms with Crippen molar-refractivity contribution in [2.45, 2.75) is 37.1 Å². The molecule has 1 atom stereocenters. The normalized spacial score (nSPS) is 17.9. The van der Waals surface area contributed by atoms with Gasteiger partial charge in [0.1, 0.15) is 6.04 Å². The van der Waals surface area contributed by atoms with Crippen LogP contribution in [0.15, 0.2) is 36.4 Å². The van der Waals surface area contributed by atoms with E-state index in [2.05, 4.69) is 0 Å². The van der Waals surface area contributed by atoms with Crippen molar-refractivity contribution in [3.05, 3.63) is 59.2 Å². The number of halogens is 2. The third-order valence-corrected chi connectivity index (χ3v) is 5.41. The number of benzene rings is 2. The molecular weight excluding hydrogens is 354 g/mol. The van der Waals surface area contributed by atoms with E-state index in [1.54, 1.807) is 24.3 Å². The Hall–Kier alpha value is -2.80. The summed E-state index contributed by atoms with van der Waals surface area (Å²) < 4.78 is 27.5. The summed E-state index contributed by atoms with van der Waals surface area (Å²) in [5.41, 5.74) is 7.17. The Balaban J connectivity index is 1.62. The van der Waals surface area contributed by atoms with Gasteiger partial charge in [-0.2, -0.15) is 0 Å². The molecule has 0 aromatic heterocycles. The molecule has 3 N–H and O–H groups in total. The number of amides is 1. The van der Waals surface area contributed by atoms with Gasteiger partial charge in [-0.25, -0.2) is 8.78 Å². The highest BCUT2D eigenvalue weighted by atomic mass is 19.2. The summed E-state index contributed by atoms with van der Waals surface area (Å²) in [6, 6.07) is 8.32. The zero-order valence-electron chi connectivity index (χ0n) is 14.4. The first kappa shape index (κ1) is 17.6. The highest BCUT2D eigenvalue weighted by Gasteiger charge is 2.59. The summed E-state index contributed by atoms with van der Waals surface area (Å²) in [5, 5.41) is 8.84. The van der Waals surface area contributed by atoms with Gasteiger partial charge in [-0.05, 0) is 55.0 Å². The lowest BCUT2D eigenvalue weighted by Gasteiger charge is -2.19. The molecule has 7 heteroatoms. The van der Waals surface area contributed by atoms with Crippen LogP contribution in [0.5, 0.6) is 0 Å². The Kier molecular flexibility index (Phi) is 3.99. The third kappa shape index (κ3) is 2.78. The number of aliphatic carboxylic acids is 1. The number of anilines is 2. The first-order chi connectivity index (χ1) is 12.8. The van der Waals surface area contributed by atoms with Crippen molar-refractivity contribution in [3.8, 4) is 0 Å². The molecule has 1 aliphatic carbocycles. The van der Waals surface area contributed by atoms with Gasteiger partial charge >= 0.3 is 5.97 Å². The molecule has 1 fully saturated rings. The summed E-state index contributed by atoms with van der Waals surface area (Å²) in [7, 11) is 0. The minimum Gasteiger partial charge on any atom is -0.480 e. The van der Waals surface area contributed by atoms with Crippen molar-refractivity contribution in [1.82, 2.24) is 0 Å². The molecule has 27 heavy (non-hydrogen) atoms. The summed E-state index contributed by atoms with van der Waals surface area (Å²) in [6.07, 6.45) is 2.05. The highest BCUT2D eigenvalue weighted by molar-refractivity contribution is 6.14. The first-order valence-electron chi connectivity index (χ1n) is 8.75. The van der Waals surface area contributed by atoms with Crippen molar-refractivity contribution < 1.29 is 23.5 Å². The molecule has 1 aliphatic heterocycles.